The molecule has 1 rings (SSSR count). The number of benzene rings is 1. The summed E-state index contributed by atoms with van der Waals surface area (Å²) in [6, 6.07) is 6.12. The number of hydrogen-bond acceptors (Lipinski definition) is 3. The molecule has 0 unspecified atom stereocenters. The maximum Gasteiger partial charge on any atom is 0.224 e. The van der Waals surface area contributed by atoms with Crippen molar-refractivity contribution in [1.82, 2.24) is 5.32 Å². The second-order valence-electron chi connectivity index (χ2n) is 4.31. The molecule has 1 amide bonds. The smallest absolute Gasteiger partial charge is 0.224 e. The topological polar surface area (TPSA) is 47.6 Å². The zero-order valence-corrected chi connectivity index (χ0v) is 11.4. The van der Waals surface area contributed by atoms with E-state index in [4.69, 9.17) is 9.47 Å². The molecule has 0 radical (unpaired) electrons. The second kappa shape index (κ2) is 7.13. The zero-order chi connectivity index (χ0) is 13.5. The summed E-state index contributed by atoms with van der Waals surface area (Å²) in [6.07, 6.45) is -0.0132. The van der Waals surface area contributed by atoms with E-state index in [0.717, 1.165) is 16.7 Å². The highest BCUT2D eigenvalue weighted by atomic mass is 16.7. The van der Waals surface area contributed by atoms with E-state index in [1.54, 1.807) is 14.2 Å². The molecule has 1 aromatic rings. The van der Waals surface area contributed by atoms with Crippen LogP contribution in [0, 0.1) is 13.8 Å². The van der Waals surface area contributed by atoms with Gasteiger partial charge < -0.3 is 14.8 Å². The fraction of sp³-hybridized carbons (Fsp3) is 0.500. The third-order valence-electron chi connectivity index (χ3n) is 2.85. The molecule has 0 atom stereocenters. The number of hydrogen-bond donors (Lipinski definition) is 1. The molecule has 4 nitrogen and oxygen atoms in total. The second-order valence-corrected chi connectivity index (χ2v) is 4.31. The van der Waals surface area contributed by atoms with Crippen LogP contribution in [0.2, 0.25) is 0 Å². The highest BCUT2D eigenvalue weighted by Gasteiger charge is 2.09. The summed E-state index contributed by atoms with van der Waals surface area (Å²) in [7, 11) is 3.09. The molecule has 0 aliphatic heterocycles. The van der Waals surface area contributed by atoms with Crippen molar-refractivity contribution >= 4 is 5.91 Å². The van der Waals surface area contributed by atoms with Gasteiger partial charge in [-0.25, -0.2) is 0 Å². The van der Waals surface area contributed by atoms with Crippen LogP contribution in [-0.4, -0.2) is 33.0 Å². The number of carbonyl (C=O) groups is 1. The Balaban J connectivity index is 2.51. The van der Waals surface area contributed by atoms with Crippen LogP contribution in [0.15, 0.2) is 18.2 Å². The molecule has 0 aliphatic rings. The lowest BCUT2D eigenvalue weighted by molar-refractivity contribution is -0.126. The van der Waals surface area contributed by atoms with E-state index in [2.05, 4.69) is 5.32 Å². The highest BCUT2D eigenvalue weighted by molar-refractivity contribution is 5.79. The summed E-state index contributed by atoms with van der Waals surface area (Å²) in [4.78, 5) is 11.8. The minimum atomic E-state index is -0.396. The maximum absolute atomic E-state index is 11.8. The quantitative estimate of drug-likeness (QED) is 0.781. The first-order chi connectivity index (χ1) is 8.56. The summed E-state index contributed by atoms with van der Waals surface area (Å²) in [6.45, 7) is 4.39. The van der Waals surface area contributed by atoms with E-state index < -0.39 is 6.29 Å². The van der Waals surface area contributed by atoms with Gasteiger partial charge in [-0.3, -0.25) is 4.79 Å². The first kappa shape index (κ1) is 14.7. The van der Waals surface area contributed by atoms with E-state index in [0.29, 0.717) is 13.0 Å². The lowest BCUT2D eigenvalue weighted by atomic mass is 10.0. The number of ether oxygens (including phenoxy) is 2. The van der Waals surface area contributed by atoms with E-state index in [9.17, 15) is 4.79 Å². The molecule has 0 saturated heterocycles. The molecule has 4 heteroatoms. The third kappa shape index (κ3) is 4.47. The van der Waals surface area contributed by atoms with Crippen LogP contribution in [0.5, 0.6) is 0 Å². The Morgan fingerprint density at radius 2 is 1.94 bits per heavy atom. The van der Waals surface area contributed by atoms with Crippen LogP contribution in [0.3, 0.4) is 0 Å². The minimum absolute atomic E-state index is 0.0252. The molecule has 1 aromatic carbocycles. The number of nitrogens with one attached hydrogen (secondary N) is 1. The van der Waals surface area contributed by atoms with Crippen LogP contribution < -0.4 is 5.32 Å². The summed E-state index contributed by atoms with van der Waals surface area (Å²) in [5.41, 5.74) is 3.35. The fourth-order valence-electron chi connectivity index (χ4n) is 1.69. The van der Waals surface area contributed by atoms with Crippen LogP contribution in [-0.2, 0) is 20.7 Å². The first-order valence-electron chi connectivity index (χ1n) is 5.95. The van der Waals surface area contributed by atoms with E-state index in [1.807, 2.05) is 32.0 Å². The number of rotatable bonds is 6. The molecule has 0 fully saturated rings. The van der Waals surface area contributed by atoms with Crippen molar-refractivity contribution in [1.29, 1.82) is 0 Å². The molecule has 0 bridgehead atoms. The van der Waals surface area contributed by atoms with Crippen molar-refractivity contribution in [3.63, 3.8) is 0 Å². The monoisotopic (exact) mass is 251 g/mol. The highest BCUT2D eigenvalue weighted by Crippen LogP contribution is 2.11. The zero-order valence-electron chi connectivity index (χ0n) is 11.4. The summed E-state index contributed by atoms with van der Waals surface area (Å²) in [5, 5.41) is 2.79. The number of carbonyl (C=O) groups excluding carboxylic acids is 1. The lowest BCUT2D eigenvalue weighted by Crippen LogP contribution is -2.35. The molecule has 18 heavy (non-hydrogen) atoms. The van der Waals surface area contributed by atoms with Gasteiger partial charge in [-0.1, -0.05) is 23.8 Å². The largest absolute Gasteiger partial charge is 0.354 e. The van der Waals surface area contributed by atoms with Gasteiger partial charge in [-0.2, -0.15) is 0 Å². The Labute approximate surface area is 108 Å². The Bertz CT molecular complexity index is 400. The van der Waals surface area contributed by atoms with Gasteiger partial charge in [0.1, 0.15) is 0 Å². The summed E-state index contributed by atoms with van der Waals surface area (Å²) in [5.74, 6) is -0.0252. The predicted octanol–water partition coefficient (Wildman–Crippen LogP) is 1.58. The van der Waals surface area contributed by atoms with Crippen molar-refractivity contribution in [3.05, 3.63) is 34.9 Å². The number of amides is 1. The van der Waals surface area contributed by atoms with Gasteiger partial charge in [0, 0.05) is 14.2 Å². The van der Waals surface area contributed by atoms with E-state index in [1.165, 1.54) is 0 Å². The standard InChI is InChI=1S/C14H21NO3/c1-10-5-6-11(2)12(7-10)8-13(16)15-9-14(17-3)18-4/h5-7,14H,8-9H2,1-4H3,(H,15,16). The predicted molar refractivity (Wildman–Crippen MR) is 70.4 cm³/mol. The normalized spacial score (nSPS) is 10.7. The molecule has 0 heterocycles. The Morgan fingerprint density at radius 3 is 2.56 bits per heavy atom. The Kier molecular flexibility index (Phi) is 5.82. The summed E-state index contributed by atoms with van der Waals surface area (Å²) >= 11 is 0. The van der Waals surface area contributed by atoms with Crippen LogP contribution in [0.1, 0.15) is 16.7 Å². The lowest BCUT2D eigenvalue weighted by Gasteiger charge is -2.14. The maximum atomic E-state index is 11.8. The van der Waals surface area contributed by atoms with Crippen molar-refractivity contribution < 1.29 is 14.3 Å². The number of aryl methyl sites for hydroxylation is 2. The Morgan fingerprint density at radius 1 is 1.28 bits per heavy atom. The van der Waals surface area contributed by atoms with Gasteiger partial charge in [-0.15, -0.1) is 0 Å². The van der Waals surface area contributed by atoms with Gasteiger partial charge in [0.2, 0.25) is 5.91 Å². The molecular formula is C14H21NO3. The fourth-order valence-corrected chi connectivity index (χ4v) is 1.69. The Hall–Kier alpha value is -1.39. The average Bonchev–Trinajstić information content (AvgIpc) is 2.35. The van der Waals surface area contributed by atoms with Gasteiger partial charge in [-0.05, 0) is 25.0 Å². The van der Waals surface area contributed by atoms with Crippen LogP contribution in [0.25, 0.3) is 0 Å². The minimum Gasteiger partial charge on any atom is -0.354 e. The van der Waals surface area contributed by atoms with Gasteiger partial charge in [0.25, 0.3) is 0 Å². The van der Waals surface area contributed by atoms with Crippen LogP contribution >= 0.6 is 0 Å². The van der Waals surface area contributed by atoms with Crippen molar-refractivity contribution in [2.45, 2.75) is 26.6 Å². The molecule has 0 aromatic heterocycles. The number of methoxy groups -OCH3 is 2. The first-order valence-corrected chi connectivity index (χ1v) is 5.95. The summed E-state index contributed by atoms with van der Waals surface area (Å²) < 4.78 is 10.0. The van der Waals surface area contributed by atoms with Crippen molar-refractivity contribution in [3.8, 4) is 0 Å². The SMILES string of the molecule is COC(CNC(=O)Cc1cc(C)ccc1C)OC. The molecule has 0 spiro atoms. The molecule has 0 saturated carbocycles. The van der Waals surface area contributed by atoms with Crippen molar-refractivity contribution in [2.75, 3.05) is 20.8 Å². The van der Waals surface area contributed by atoms with Gasteiger partial charge >= 0.3 is 0 Å². The molecule has 100 valence electrons. The van der Waals surface area contributed by atoms with E-state index >= 15 is 0 Å². The van der Waals surface area contributed by atoms with Crippen molar-refractivity contribution in [2.24, 2.45) is 0 Å². The molecular weight excluding hydrogens is 230 g/mol. The van der Waals surface area contributed by atoms with Gasteiger partial charge in [0.15, 0.2) is 6.29 Å². The average molecular weight is 251 g/mol. The van der Waals surface area contributed by atoms with Crippen LogP contribution in [0.4, 0.5) is 0 Å². The van der Waals surface area contributed by atoms with Gasteiger partial charge in [0.05, 0.1) is 13.0 Å². The third-order valence-corrected chi connectivity index (χ3v) is 2.85. The molecule has 0 aliphatic carbocycles. The molecule has 1 N–H and O–H groups in total. The van der Waals surface area contributed by atoms with E-state index in [-0.39, 0.29) is 5.91 Å².